The highest BCUT2D eigenvalue weighted by Crippen LogP contribution is 2.09. The van der Waals surface area contributed by atoms with E-state index in [9.17, 15) is 0 Å². The lowest BCUT2D eigenvalue weighted by Gasteiger charge is -2.09. The SMILES string of the molecule is NC1C/C=C/CCCC1. The number of hydrogen-bond acceptors (Lipinski definition) is 1. The summed E-state index contributed by atoms with van der Waals surface area (Å²) in [4.78, 5) is 0. The summed E-state index contributed by atoms with van der Waals surface area (Å²) in [6.07, 6.45) is 10.6. The van der Waals surface area contributed by atoms with Gasteiger partial charge >= 0.3 is 0 Å². The molecule has 0 aromatic heterocycles. The molecule has 52 valence electrons. The van der Waals surface area contributed by atoms with E-state index in [1.54, 1.807) is 0 Å². The second-order valence-electron chi connectivity index (χ2n) is 2.75. The molecule has 1 heteroatoms. The van der Waals surface area contributed by atoms with E-state index >= 15 is 0 Å². The quantitative estimate of drug-likeness (QED) is 0.491. The van der Waals surface area contributed by atoms with E-state index in [1.807, 2.05) is 0 Å². The summed E-state index contributed by atoms with van der Waals surface area (Å²) in [5.74, 6) is 0. The Balaban J connectivity index is 2.28. The van der Waals surface area contributed by atoms with Crippen LogP contribution in [-0.4, -0.2) is 6.04 Å². The van der Waals surface area contributed by atoms with Gasteiger partial charge in [-0.15, -0.1) is 0 Å². The van der Waals surface area contributed by atoms with Crippen molar-refractivity contribution in [1.82, 2.24) is 0 Å². The van der Waals surface area contributed by atoms with E-state index in [0.29, 0.717) is 6.04 Å². The second kappa shape index (κ2) is 3.67. The van der Waals surface area contributed by atoms with Crippen molar-refractivity contribution in [1.29, 1.82) is 0 Å². The van der Waals surface area contributed by atoms with Crippen LogP contribution in [-0.2, 0) is 0 Å². The summed E-state index contributed by atoms with van der Waals surface area (Å²) in [5.41, 5.74) is 5.75. The highest BCUT2D eigenvalue weighted by molar-refractivity contribution is 4.87. The van der Waals surface area contributed by atoms with Gasteiger partial charge in [-0.1, -0.05) is 18.6 Å². The second-order valence-corrected chi connectivity index (χ2v) is 2.75. The fraction of sp³-hybridized carbons (Fsp3) is 0.750. The summed E-state index contributed by atoms with van der Waals surface area (Å²) in [7, 11) is 0. The predicted molar refractivity (Wildman–Crippen MR) is 40.2 cm³/mol. The fourth-order valence-corrected chi connectivity index (χ4v) is 1.18. The molecule has 0 saturated heterocycles. The third-order valence-corrected chi connectivity index (χ3v) is 1.80. The van der Waals surface area contributed by atoms with Crippen molar-refractivity contribution in [2.24, 2.45) is 5.73 Å². The lowest BCUT2D eigenvalue weighted by atomic mass is 10.0. The molecule has 0 bridgehead atoms. The molecular weight excluding hydrogens is 110 g/mol. The minimum Gasteiger partial charge on any atom is -0.327 e. The first-order valence-corrected chi connectivity index (χ1v) is 3.80. The molecule has 1 aliphatic rings. The van der Waals surface area contributed by atoms with Crippen LogP contribution in [0.15, 0.2) is 12.2 Å². The van der Waals surface area contributed by atoms with Crippen molar-refractivity contribution in [2.45, 2.75) is 38.1 Å². The summed E-state index contributed by atoms with van der Waals surface area (Å²) in [6.45, 7) is 0. The zero-order valence-corrected chi connectivity index (χ0v) is 5.84. The maximum atomic E-state index is 5.75. The zero-order valence-electron chi connectivity index (χ0n) is 5.84. The van der Waals surface area contributed by atoms with Crippen molar-refractivity contribution in [3.05, 3.63) is 12.2 Å². The van der Waals surface area contributed by atoms with Crippen LogP contribution in [0, 0.1) is 0 Å². The Bertz CT molecular complexity index is 96.7. The highest BCUT2D eigenvalue weighted by atomic mass is 14.6. The third-order valence-electron chi connectivity index (χ3n) is 1.80. The molecule has 9 heavy (non-hydrogen) atoms. The molecular formula is C8H15N. The largest absolute Gasteiger partial charge is 0.327 e. The van der Waals surface area contributed by atoms with Gasteiger partial charge in [-0.3, -0.25) is 0 Å². The maximum absolute atomic E-state index is 5.75. The van der Waals surface area contributed by atoms with Crippen LogP contribution in [0.4, 0.5) is 0 Å². The lowest BCUT2D eigenvalue weighted by molar-refractivity contribution is 0.560. The van der Waals surface area contributed by atoms with Gasteiger partial charge < -0.3 is 5.73 Å². The van der Waals surface area contributed by atoms with E-state index in [0.717, 1.165) is 6.42 Å². The molecule has 0 aromatic rings. The van der Waals surface area contributed by atoms with E-state index in [-0.39, 0.29) is 0 Å². The van der Waals surface area contributed by atoms with Crippen molar-refractivity contribution < 1.29 is 0 Å². The van der Waals surface area contributed by atoms with Gasteiger partial charge in [0.05, 0.1) is 0 Å². The Hall–Kier alpha value is -0.300. The van der Waals surface area contributed by atoms with E-state index in [1.165, 1.54) is 25.7 Å². The molecule has 0 aromatic carbocycles. The first kappa shape index (κ1) is 6.81. The van der Waals surface area contributed by atoms with E-state index < -0.39 is 0 Å². The van der Waals surface area contributed by atoms with Gasteiger partial charge in [-0.2, -0.15) is 0 Å². The monoisotopic (exact) mass is 125 g/mol. The molecule has 1 unspecified atom stereocenters. The van der Waals surface area contributed by atoms with Crippen molar-refractivity contribution in [3.63, 3.8) is 0 Å². The first-order valence-electron chi connectivity index (χ1n) is 3.80. The van der Waals surface area contributed by atoms with E-state index in [2.05, 4.69) is 12.2 Å². The molecule has 0 fully saturated rings. The Labute approximate surface area is 56.9 Å². The van der Waals surface area contributed by atoms with Gasteiger partial charge in [-0.25, -0.2) is 0 Å². The average Bonchev–Trinajstić information content (AvgIpc) is 1.79. The molecule has 0 aliphatic heterocycles. The number of rotatable bonds is 0. The Morgan fingerprint density at radius 1 is 1.22 bits per heavy atom. The van der Waals surface area contributed by atoms with Gasteiger partial charge in [0, 0.05) is 6.04 Å². The van der Waals surface area contributed by atoms with Crippen LogP contribution in [0.25, 0.3) is 0 Å². The topological polar surface area (TPSA) is 26.0 Å². The minimum atomic E-state index is 0.432. The summed E-state index contributed by atoms with van der Waals surface area (Å²) >= 11 is 0. The van der Waals surface area contributed by atoms with Gasteiger partial charge in [0.1, 0.15) is 0 Å². The van der Waals surface area contributed by atoms with Crippen LogP contribution >= 0.6 is 0 Å². The average molecular weight is 125 g/mol. The normalized spacial score (nSPS) is 32.8. The molecule has 1 rings (SSSR count). The molecule has 1 nitrogen and oxygen atoms in total. The van der Waals surface area contributed by atoms with E-state index in [4.69, 9.17) is 5.73 Å². The Kier molecular flexibility index (Phi) is 2.78. The molecule has 0 amide bonds. The fourth-order valence-electron chi connectivity index (χ4n) is 1.18. The van der Waals surface area contributed by atoms with Gasteiger partial charge in [0.2, 0.25) is 0 Å². The molecule has 1 aliphatic carbocycles. The molecule has 0 heterocycles. The summed E-state index contributed by atoms with van der Waals surface area (Å²) < 4.78 is 0. The lowest BCUT2D eigenvalue weighted by Crippen LogP contribution is -2.18. The van der Waals surface area contributed by atoms with Crippen LogP contribution in [0.3, 0.4) is 0 Å². The molecule has 1 atom stereocenters. The van der Waals surface area contributed by atoms with Gasteiger partial charge in [0.25, 0.3) is 0 Å². The first-order chi connectivity index (χ1) is 4.39. The predicted octanol–water partition coefficient (Wildman–Crippen LogP) is 1.83. The number of hydrogen-bond donors (Lipinski definition) is 1. The highest BCUT2D eigenvalue weighted by Gasteiger charge is 2.00. The number of nitrogens with two attached hydrogens (primary N) is 1. The van der Waals surface area contributed by atoms with Crippen LogP contribution < -0.4 is 5.73 Å². The van der Waals surface area contributed by atoms with Crippen molar-refractivity contribution >= 4 is 0 Å². The smallest absolute Gasteiger partial charge is 0.00734 e. The molecule has 0 spiro atoms. The Morgan fingerprint density at radius 3 is 3.00 bits per heavy atom. The molecule has 0 radical (unpaired) electrons. The zero-order chi connectivity index (χ0) is 6.53. The summed E-state index contributed by atoms with van der Waals surface area (Å²) in [5, 5.41) is 0. The minimum absolute atomic E-state index is 0.432. The van der Waals surface area contributed by atoms with Crippen LogP contribution in [0.5, 0.6) is 0 Å². The third kappa shape index (κ3) is 2.66. The van der Waals surface area contributed by atoms with Crippen molar-refractivity contribution in [2.75, 3.05) is 0 Å². The van der Waals surface area contributed by atoms with Gasteiger partial charge in [0.15, 0.2) is 0 Å². The standard InChI is InChI=1S/C8H15N/c9-8-6-4-2-1-3-5-7-8/h2,4,8H,1,3,5-7,9H2/b4-2+. The van der Waals surface area contributed by atoms with Crippen LogP contribution in [0.2, 0.25) is 0 Å². The summed E-state index contributed by atoms with van der Waals surface area (Å²) in [6, 6.07) is 0.432. The molecule has 0 saturated carbocycles. The number of allylic oxidation sites excluding steroid dienone is 1. The Morgan fingerprint density at radius 2 is 2.11 bits per heavy atom. The van der Waals surface area contributed by atoms with Crippen molar-refractivity contribution in [3.8, 4) is 0 Å². The molecule has 2 N–H and O–H groups in total. The van der Waals surface area contributed by atoms with Crippen LogP contribution in [0.1, 0.15) is 32.1 Å². The van der Waals surface area contributed by atoms with Gasteiger partial charge in [-0.05, 0) is 25.7 Å². The maximum Gasteiger partial charge on any atom is 0.00734 e.